The van der Waals surface area contributed by atoms with Gasteiger partial charge in [0.05, 0.1) is 0 Å². The van der Waals surface area contributed by atoms with E-state index in [-0.39, 0.29) is 11.7 Å². The Morgan fingerprint density at radius 1 is 1.50 bits per heavy atom. The maximum Gasteiger partial charge on any atom is 0.237 e. The molecule has 1 saturated heterocycles. The first-order valence-corrected chi connectivity index (χ1v) is 6.11. The van der Waals surface area contributed by atoms with E-state index in [9.17, 15) is 9.59 Å². The highest BCUT2D eigenvalue weighted by Crippen LogP contribution is 2.21. The molecule has 2 rings (SSSR count). The third kappa shape index (κ3) is 2.47. The minimum atomic E-state index is -0.588. The van der Waals surface area contributed by atoms with Gasteiger partial charge in [0.15, 0.2) is 5.78 Å². The van der Waals surface area contributed by atoms with E-state index in [1.54, 1.807) is 23.2 Å². The van der Waals surface area contributed by atoms with Crippen molar-refractivity contribution in [3.63, 3.8) is 0 Å². The zero-order chi connectivity index (χ0) is 13.0. The van der Waals surface area contributed by atoms with Crippen LogP contribution in [0.5, 0.6) is 0 Å². The third-order valence-corrected chi connectivity index (χ3v) is 3.21. The van der Waals surface area contributed by atoms with E-state index >= 15 is 0 Å². The van der Waals surface area contributed by atoms with Crippen molar-refractivity contribution in [2.45, 2.75) is 19.3 Å². The van der Waals surface area contributed by atoms with E-state index in [0.717, 1.165) is 12.8 Å². The van der Waals surface area contributed by atoms with Crippen LogP contribution in [0.2, 0.25) is 0 Å². The molecule has 0 radical (unpaired) electrons. The van der Waals surface area contributed by atoms with Crippen LogP contribution < -0.4 is 0 Å². The topological polar surface area (TPSA) is 50.3 Å². The summed E-state index contributed by atoms with van der Waals surface area (Å²) in [6.07, 6.45) is 7.04. The van der Waals surface area contributed by atoms with Crippen LogP contribution in [-0.4, -0.2) is 28.1 Å². The maximum absolute atomic E-state index is 12.3. The van der Waals surface area contributed by atoms with Crippen LogP contribution in [-0.2, 0) is 4.79 Å². The second-order valence-corrected chi connectivity index (χ2v) is 4.37. The quantitative estimate of drug-likeness (QED) is 0.604. The molecule has 1 amide bonds. The van der Waals surface area contributed by atoms with Crippen LogP contribution in [0.15, 0.2) is 37.3 Å². The van der Waals surface area contributed by atoms with E-state index in [1.807, 2.05) is 0 Å². The number of likely N-dealkylation sites (tertiary alicyclic amines) is 1. The highest BCUT2D eigenvalue weighted by atomic mass is 16.2. The number of hydrogen-bond acceptors (Lipinski definition) is 3. The Morgan fingerprint density at radius 3 is 3.00 bits per heavy atom. The van der Waals surface area contributed by atoms with E-state index in [1.165, 1.54) is 12.4 Å². The molecular weight excluding hydrogens is 228 g/mol. The summed E-state index contributed by atoms with van der Waals surface area (Å²) in [6.45, 7) is 4.28. The highest BCUT2D eigenvalue weighted by molar-refractivity contribution is 6.10. The number of rotatable bonds is 3. The zero-order valence-electron chi connectivity index (χ0n) is 10.2. The monoisotopic (exact) mass is 244 g/mol. The van der Waals surface area contributed by atoms with Gasteiger partial charge in [-0.15, -0.1) is 0 Å². The van der Waals surface area contributed by atoms with Gasteiger partial charge in [0.25, 0.3) is 0 Å². The molecule has 2 heterocycles. The lowest BCUT2D eigenvalue weighted by molar-refractivity contribution is -0.130. The summed E-state index contributed by atoms with van der Waals surface area (Å²) < 4.78 is 0. The van der Waals surface area contributed by atoms with Gasteiger partial charge in [0, 0.05) is 24.5 Å². The Balaban J connectivity index is 2.23. The fourth-order valence-corrected chi connectivity index (χ4v) is 2.20. The molecule has 1 atom stereocenters. The summed E-state index contributed by atoms with van der Waals surface area (Å²) in [4.78, 5) is 30.0. The number of nitrogens with zero attached hydrogens (tertiary/aromatic N) is 2. The zero-order valence-corrected chi connectivity index (χ0v) is 10.2. The van der Waals surface area contributed by atoms with Crippen molar-refractivity contribution < 1.29 is 9.59 Å². The summed E-state index contributed by atoms with van der Waals surface area (Å²) in [6, 6.07) is 3.41. The van der Waals surface area contributed by atoms with E-state index in [4.69, 9.17) is 0 Å². The molecule has 0 spiro atoms. The van der Waals surface area contributed by atoms with E-state index in [0.29, 0.717) is 18.5 Å². The van der Waals surface area contributed by atoms with Crippen LogP contribution in [0.3, 0.4) is 0 Å². The van der Waals surface area contributed by atoms with Crippen molar-refractivity contribution in [1.29, 1.82) is 0 Å². The lowest BCUT2D eigenvalue weighted by Crippen LogP contribution is -2.34. The third-order valence-electron chi connectivity index (χ3n) is 3.21. The van der Waals surface area contributed by atoms with Gasteiger partial charge in [-0.05, 0) is 31.2 Å². The van der Waals surface area contributed by atoms with Crippen LogP contribution in [0, 0.1) is 5.92 Å². The predicted molar refractivity (Wildman–Crippen MR) is 67.8 cm³/mol. The molecule has 0 aliphatic carbocycles. The van der Waals surface area contributed by atoms with Crippen molar-refractivity contribution in [3.05, 3.63) is 42.9 Å². The summed E-state index contributed by atoms with van der Waals surface area (Å²) in [5.74, 6) is -0.868. The summed E-state index contributed by atoms with van der Waals surface area (Å²) in [5.41, 5.74) is 0.502. The molecule has 0 saturated carbocycles. The number of amides is 1. The maximum atomic E-state index is 12.3. The van der Waals surface area contributed by atoms with E-state index < -0.39 is 5.92 Å². The molecule has 1 aromatic heterocycles. The van der Waals surface area contributed by atoms with Gasteiger partial charge in [0.1, 0.15) is 5.92 Å². The molecular formula is C14H16N2O2. The number of hydrogen-bond donors (Lipinski definition) is 0. The molecule has 0 unspecified atom stereocenters. The van der Waals surface area contributed by atoms with Crippen LogP contribution >= 0.6 is 0 Å². The highest BCUT2D eigenvalue weighted by Gasteiger charge is 2.32. The first-order chi connectivity index (χ1) is 8.74. The molecule has 0 bridgehead atoms. The number of aromatic nitrogens is 1. The van der Waals surface area contributed by atoms with Gasteiger partial charge in [-0.3, -0.25) is 14.6 Å². The molecule has 0 aromatic carbocycles. The average Bonchev–Trinajstić information content (AvgIpc) is 2.60. The summed E-state index contributed by atoms with van der Waals surface area (Å²) >= 11 is 0. The molecule has 4 heteroatoms. The number of Topliss-reactive ketones (excluding diaryl/α,β-unsaturated/α-hetero) is 1. The van der Waals surface area contributed by atoms with E-state index in [2.05, 4.69) is 11.6 Å². The van der Waals surface area contributed by atoms with Crippen molar-refractivity contribution in [1.82, 2.24) is 9.88 Å². The predicted octanol–water partition coefficient (Wildman–Crippen LogP) is 2.04. The van der Waals surface area contributed by atoms with Crippen molar-refractivity contribution >= 4 is 11.7 Å². The fraction of sp³-hybridized carbons (Fsp3) is 0.357. The second kappa shape index (κ2) is 5.58. The van der Waals surface area contributed by atoms with Gasteiger partial charge >= 0.3 is 0 Å². The molecule has 1 fully saturated rings. The molecule has 94 valence electrons. The Kier molecular flexibility index (Phi) is 3.87. The molecule has 0 N–H and O–H groups in total. The van der Waals surface area contributed by atoms with Crippen LogP contribution in [0.25, 0.3) is 0 Å². The number of ketones is 1. The molecule has 18 heavy (non-hydrogen) atoms. The molecule has 1 aromatic rings. The minimum absolute atomic E-state index is 0.137. The Hall–Kier alpha value is -1.97. The Bertz CT molecular complexity index is 456. The van der Waals surface area contributed by atoms with Gasteiger partial charge in [-0.25, -0.2) is 0 Å². The average molecular weight is 244 g/mol. The summed E-state index contributed by atoms with van der Waals surface area (Å²) in [5, 5.41) is 0. The Morgan fingerprint density at radius 2 is 2.33 bits per heavy atom. The van der Waals surface area contributed by atoms with Gasteiger partial charge in [0.2, 0.25) is 5.91 Å². The summed E-state index contributed by atoms with van der Waals surface area (Å²) in [7, 11) is 0. The number of carbonyl (C=O) groups excluding carboxylic acids is 2. The lowest BCUT2D eigenvalue weighted by atomic mass is 9.93. The van der Waals surface area contributed by atoms with Crippen LogP contribution in [0.4, 0.5) is 0 Å². The minimum Gasteiger partial charge on any atom is -0.319 e. The SMILES string of the molecule is C=CN1CCCC[C@H](C(=O)c2cccnc2)C1=O. The smallest absolute Gasteiger partial charge is 0.237 e. The fourth-order valence-electron chi connectivity index (χ4n) is 2.20. The standard InChI is InChI=1S/C14H16N2O2/c1-2-16-9-4-3-7-12(14(16)18)13(17)11-6-5-8-15-10-11/h2,5-6,8,10,12H,1,3-4,7,9H2/t12-/m1/s1. The first-order valence-electron chi connectivity index (χ1n) is 6.11. The van der Waals surface area contributed by atoms with Gasteiger partial charge < -0.3 is 4.90 Å². The first kappa shape index (κ1) is 12.5. The molecule has 4 nitrogen and oxygen atoms in total. The second-order valence-electron chi connectivity index (χ2n) is 4.37. The van der Waals surface area contributed by atoms with Gasteiger partial charge in [-0.1, -0.05) is 13.0 Å². The van der Waals surface area contributed by atoms with Crippen LogP contribution in [0.1, 0.15) is 29.6 Å². The molecule has 1 aliphatic heterocycles. The lowest BCUT2D eigenvalue weighted by Gasteiger charge is -2.19. The number of carbonyl (C=O) groups is 2. The van der Waals surface area contributed by atoms with Crippen molar-refractivity contribution in [2.24, 2.45) is 5.92 Å². The van der Waals surface area contributed by atoms with Crippen molar-refractivity contribution in [3.8, 4) is 0 Å². The number of pyridine rings is 1. The van der Waals surface area contributed by atoms with Crippen molar-refractivity contribution in [2.75, 3.05) is 6.54 Å². The Labute approximate surface area is 106 Å². The van der Waals surface area contributed by atoms with Gasteiger partial charge in [-0.2, -0.15) is 0 Å². The largest absolute Gasteiger partial charge is 0.319 e. The molecule has 1 aliphatic rings. The normalized spacial score (nSPS) is 20.3.